The summed E-state index contributed by atoms with van der Waals surface area (Å²) in [5.74, 6) is 2.68. The lowest BCUT2D eigenvalue weighted by molar-refractivity contribution is 0.412. The molecule has 2 heteroatoms. The van der Waals surface area contributed by atoms with Crippen LogP contribution < -0.4 is 5.32 Å². The highest BCUT2D eigenvalue weighted by Gasteiger charge is 2.25. The molecule has 0 radical (unpaired) electrons. The summed E-state index contributed by atoms with van der Waals surface area (Å²) in [7, 11) is 0. The van der Waals surface area contributed by atoms with E-state index in [4.69, 9.17) is 0 Å². The van der Waals surface area contributed by atoms with E-state index in [9.17, 15) is 0 Å². The first kappa shape index (κ1) is 11.6. The van der Waals surface area contributed by atoms with Gasteiger partial charge in [-0.1, -0.05) is 23.8 Å². The number of aryl methyl sites for hydroxylation is 2. The van der Waals surface area contributed by atoms with Crippen molar-refractivity contribution < 1.29 is 0 Å². The molecule has 1 heterocycles. The summed E-state index contributed by atoms with van der Waals surface area (Å²) >= 11 is 2.10. The molecule has 1 unspecified atom stereocenters. The summed E-state index contributed by atoms with van der Waals surface area (Å²) in [6.07, 6.45) is 5.25. The van der Waals surface area contributed by atoms with Crippen LogP contribution in [0.15, 0.2) is 18.2 Å². The summed E-state index contributed by atoms with van der Waals surface area (Å²) in [5, 5.41) is 3.89. The third-order valence-electron chi connectivity index (χ3n) is 4.04. The molecular weight excluding hydrogens is 226 g/mol. The molecule has 1 saturated heterocycles. The average molecular weight is 247 g/mol. The Kier molecular flexibility index (Phi) is 3.44. The number of rotatable bonds is 2. The van der Waals surface area contributed by atoms with Crippen LogP contribution in [0.25, 0.3) is 0 Å². The van der Waals surface area contributed by atoms with Crippen molar-refractivity contribution in [3.8, 4) is 0 Å². The van der Waals surface area contributed by atoms with Crippen LogP contribution >= 0.6 is 11.8 Å². The van der Waals surface area contributed by atoms with Crippen molar-refractivity contribution in [3.63, 3.8) is 0 Å². The van der Waals surface area contributed by atoms with Gasteiger partial charge in [-0.3, -0.25) is 0 Å². The first-order chi connectivity index (χ1) is 8.33. The van der Waals surface area contributed by atoms with E-state index in [0.717, 1.165) is 6.04 Å². The maximum absolute atomic E-state index is 3.89. The van der Waals surface area contributed by atoms with E-state index in [1.807, 2.05) is 0 Å². The van der Waals surface area contributed by atoms with Gasteiger partial charge in [-0.05, 0) is 55.2 Å². The van der Waals surface area contributed by atoms with Gasteiger partial charge >= 0.3 is 0 Å². The molecule has 3 rings (SSSR count). The van der Waals surface area contributed by atoms with E-state index >= 15 is 0 Å². The fourth-order valence-electron chi connectivity index (χ4n) is 3.04. The van der Waals surface area contributed by atoms with Crippen molar-refractivity contribution in [1.82, 2.24) is 5.32 Å². The molecule has 1 aromatic rings. The maximum atomic E-state index is 3.89. The van der Waals surface area contributed by atoms with Crippen LogP contribution in [0.5, 0.6) is 0 Å². The monoisotopic (exact) mass is 247 g/mol. The largest absolute Gasteiger partial charge is 0.307 e. The molecule has 0 spiro atoms. The Morgan fingerprint density at radius 1 is 1.18 bits per heavy atom. The molecule has 1 aliphatic carbocycles. The van der Waals surface area contributed by atoms with Gasteiger partial charge < -0.3 is 5.32 Å². The van der Waals surface area contributed by atoms with Crippen molar-refractivity contribution in [2.24, 2.45) is 0 Å². The summed E-state index contributed by atoms with van der Waals surface area (Å²) in [6, 6.07) is 8.34. The standard InChI is InChI=1S/C15H21NS/c1-11-2-3-12-4-5-15(14(12)10-11)16-13-6-8-17-9-7-13/h2-3,10,13,15-16H,4-9H2,1H3. The minimum absolute atomic E-state index is 0.623. The number of benzene rings is 1. The second kappa shape index (κ2) is 5.03. The normalized spacial score (nSPS) is 24.9. The number of nitrogens with one attached hydrogen (secondary N) is 1. The Balaban J connectivity index is 1.72. The van der Waals surface area contributed by atoms with Gasteiger partial charge in [0.05, 0.1) is 0 Å². The molecule has 1 fully saturated rings. The lowest BCUT2D eigenvalue weighted by Crippen LogP contribution is -2.34. The van der Waals surface area contributed by atoms with Gasteiger partial charge in [0, 0.05) is 12.1 Å². The molecule has 0 amide bonds. The molecule has 1 nitrogen and oxygen atoms in total. The maximum Gasteiger partial charge on any atom is 0.0328 e. The predicted octanol–water partition coefficient (Wildman–Crippen LogP) is 3.47. The molecule has 92 valence electrons. The Morgan fingerprint density at radius 2 is 2.00 bits per heavy atom. The third kappa shape index (κ3) is 2.53. The van der Waals surface area contributed by atoms with Gasteiger partial charge in [0.1, 0.15) is 0 Å². The summed E-state index contributed by atoms with van der Waals surface area (Å²) in [5.41, 5.74) is 4.54. The van der Waals surface area contributed by atoms with E-state index in [1.54, 1.807) is 11.1 Å². The Labute approximate surface area is 108 Å². The number of fused-ring (bicyclic) bond motifs is 1. The summed E-state index contributed by atoms with van der Waals surface area (Å²) in [6.45, 7) is 2.20. The fraction of sp³-hybridized carbons (Fsp3) is 0.600. The topological polar surface area (TPSA) is 12.0 Å². The van der Waals surface area contributed by atoms with Crippen LogP contribution in [0.4, 0.5) is 0 Å². The number of hydrogen-bond donors (Lipinski definition) is 1. The van der Waals surface area contributed by atoms with Crippen molar-refractivity contribution in [2.45, 2.75) is 44.7 Å². The number of hydrogen-bond acceptors (Lipinski definition) is 2. The van der Waals surface area contributed by atoms with E-state index in [1.165, 1.54) is 42.8 Å². The average Bonchev–Trinajstić information content (AvgIpc) is 2.73. The van der Waals surface area contributed by atoms with E-state index in [0.29, 0.717) is 6.04 Å². The molecule has 0 aromatic heterocycles. The molecule has 0 bridgehead atoms. The highest BCUT2D eigenvalue weighted by atomic mass is 32.2. The molecule has 2 aliphatic rings. The second-order valence-electron chi connectivity index (χ2n) is 5.35. The van der Waals surface area contributed by atoms with Crippen LogP contribution in [0, 0.1) is 6.92 Å². The van der Waals surface area contributed by atoms with Crippen LogP contribution in [0.3, 0.4) is 0 Å². The smallest absolute Gasteiger partial charge is 0.0328 e. The minimum Gasteiger partial charge on any atom is -0.307 e. The zero-order valence-corrected chi connectivity index (χ0v) is 11.4. The third-order valence-corrected chi connectivity index (χ3v) is 5.09. The van der Waals surface area contributed by atoms with Crippen LogP contribution in [0.2, 0.25) is 0 Å². The van der Waals surface area contributed by atoms with Crippen molar-refractivity contribution in [1.29, 1.82) is 0 Å². The molecule has 1 aliphatic heterocycles. The van der Waals surface area contributed by atoms with Crippen molar-refractivity contribution >= 4 is 11.8 Å². The van der Waals surface area contributed by atoms with Gasteiger partial charge in [-0.25, -0.2) is 0 Å². The Morgan fingerprint density at radius 3 is 2.82 bits per heavy atom. The van der Waals surface area contributed by atoms with Crippen LogP contribution in [-0.2, 0) is 6.42 Å². The molecule has 0 saturated carbocycles. The minimum atomic E-state index is 0.623. The van der Waals surface area contributed by atoms with E-state index in [2.05, 4.69) is 42.2 Å². The first-order valence-corrected chi connectivity index (χ1v) is 7.91. The summed E-state index contributed by atoms with van der Waals surface area (Å²) in [4.78, 5) is 0. The van der Waals surface area contributed by atoms with Gasteiger partial charge in [0.15, 0.2) is 0 Å². The van der Waals surface area contributed by atoms with Gasteiger partial charge in [0.2, 0.25) is 0 Å². The molecular formula is C15H21NS. The molecule has 1 atom stereocenters. The highest BCUT2D eigenvalue weighted by molar-refractivity contribution is 7.99. The van der Waals surface area contributed by atoms with Crippen LogP contribution in [0.1, 0.15) is 42.0 Å². The fourth-order valence-corrected chi connectivity index (χ4v) is 4.15. The van der Waals surface area contributed by atoms with Crippen LogP contribution in [-0.4, -0.2) is 17.5 Å². The van der Waals surface area contributed by atoms with Gasteiger partial charge in [-0.15, -0.1) is 0 Å². The zero-order valence-electron chi connectivity index (χ0n) is 10.5. The number of thioether (sulfide) groups is 1. The molecule has 1 N–H and O–H groups in total. The summed E-state index contributed by atoms with van der Waals surface area (Å²) < 4.78 is 0. The SMILES string of the molecule is Cc1ccc2c(c1)C(NC1CCSCC1)CC2. The molecule has 17 heavy (non-hydrogen) atoms. The lowest BCUT2D eigenvalue weighted by Gasteiger charge is -2.26. The van der Waals surface area contributed by atoms with Gasteiger partial charge in [0.25, 0.3) is 0 Å². The van der Waals surface area contributed by atoms with E-state index in [-0.39, 0.29) is 0 Å². The Bertz CT molecular complexity index is 396. The highest BCUT2D eigenvalue weighted by Crippen LogP contribution is 2.33. The first-order valence-electron chi connectivity index (χ1n) is 6.76. The Hall–Kier alpha value is -0.470. The second-order valence-corrected chi connectivity index (χ2v) is 6.57. The molecule has 1 aromatic carbocycles. The predicted molar refractivity (Wildman–Crippen MR) is 75.7 cm³/mol. The zero-order chi connectivity index (χ0) is 11.7. The van der Waals surface area contributed by atoms with Crippen molar-refractivity contribution in [2.75, 3.05) is 11.5 Å². The van der Waals surface area contributed by atoms with Crippen molar-refractivity contribution in [3.05, 3.63) is 34.9 Å². The lowest BCUT2D eigenvalue weighted by atomic mass is 10.0. The van der Waals surface area contributed by atoms with Gasteiger partial charge in [-0.2, -0.15) is 11.8 Å². The van der Waals surface area contributed by atoms with E-state index < -0.39 is 0 Å². The quantitative estimate of drug-likeness (QED) is 0.859.